The fourth-order valence-electron chi connectivity index (χ4n) is 4.14. The first-order valence-electron chi connectivity index (χ1n) is 9.58. The quantitative estimate of drug-likeness (QED) is 0.780. The summed E-state index contributed by atoms with van der Waals surface area (Å²) in [6.45, 7) is 3.03. The zero-order chi connectivity index (χ0) is 20.6. The summed E-state index contributed by atoms with van der Waals surface area (Å²) >= 11 is 1.53. The smallest absolute Gasteiger partial charge is 0.325 e. The molecule has 0 saturated carbocycles. The summed E-state index contributed by atoms with van der Waals surface area (Å²) in [6.07, 6.45) is 1.23. The molecule has 0 radical (unpaired) electrons. The molecule has 2 saturated heterocycles. The van der Waals surface area contributed by atoms with Gasteiger partial charge in [0.25, 0.3) is 11.8 Å². The van der Waals surface area contributed by atoms with E-state index in [-0.39, 0.29) is 36.1 Å². The van der Waals surface area contributed by atoms with E-state index in [1.165, 1.54) is 40.5 Å². The minimum absolute atomic E-state index is 0.0521. The van der Waals surface area contributed by atoms with Gasteiger partial charge in [-0.15, -0.1) is 0 Å². The van der Waals surface area contributed by atoms with E-state index in [1.54, 1.807) is 11.8 Å². The molecule has 0 bridgehead atoms. The van der Waals surface area contributed by atoms with Gasteiger partial charge in [0.2, 0.25) is 0 Å². The summed E-state index contributed by atoms with van der Waals surface area (Å²) in [5.41, 5.74) is 0.420. The van der Waals surface area contributed by atoms with E-state index < -0.39 is 5.54 Å². The molecule has 152 valence electrons. The standard InChI is InChI=1S/C21H22FN3O3S/c1-21(19(27)25(20(28)23-21)12-14-8-11-29-13-14)16-6-9-24(10-7-16)18(26)15-2-4-17(22)5-3-15/h2-5,8,11,13,16H,6-7,9-10,12H2,1H3,(H,23,28). The van der Waals surface area contributed by atoms with Crippen LogP contribution in [0.4, 0.5) is 9.18 Å². The lowest BCUT2D eigenvalue weighted by Crippen LogP contribution is -2.54. The predicted octanol–water partition coefficient (Wildman–Crippen LogP) is 3.25. The molecule has 2 aliphatic heterocycles. The number of halogens is 1. The van der Waals surface area contributed by atoms with Crippen LogP contribution in [0, 0.1) is 11.7 Å². The lowest BCUT2D eigenvalue weighted by molar-refractivity contribution is -0.133. The third-order valence-electron chi connectivity index (χ3n) is 5.91. The monoisotopic (exact) mass is 415 g/mol. The number of urea groups is 1. The second-order valence-corrected chi connectivity index (χ2v) is 8.51. The largest absolute Gasteiger partial charge is 0.339 e. The number of rotatable bonds is 4. The second-order valence-electron chi connectivity index (χ2n) is 7.73. The Morgan fingerprint density at radius 1 is 1.21 bits per heavy atom. The van der Waals surface area contributed by atoms with Crippen molar-refractivity contribution in [3.8, 4) is 0 Å². The molecule has 2 fully saturated rings. The molecule has 1 aromatic heterocycles. The molecule has 4 amide bonds. The Morgan fingerprint density at radius 3 is 2.52 bits per heavy atom. The molecule has 0 aliphatic carbocycles. The van der Waals surface area contributed by atoms with Crippen molar-refractivity contribution >= 4 is 29.2 Å². The number of carbonyl (C=O) groups is 3. The van der Waals surface area contributed by atoms with Gasteiger partial charge in [0.15, 0.2) is 0 Å². The molecule has 8 heteroatoms. The van der Waals surface area contributed by atoms with Crippen LogP contribution in [-0.4, -0.2) is 46.3 Å². The van der Waals surface area contributed by atoms with Crippen LogP contribution in [0.3, 0.4) is 0 Å². The summed E-state index contributed by atoms with van der Waals surface area (Å²) in [7, 11) is 0. The van der Waals surface area contributed by atoms with E-state index in [0.29, 0.717) is 31.5 Å². The van der Waals surface area contributed by atoms with E-state index in [1.807, 2.05) is 16.8 Å². The first-order valence-corrected chi connectivity index (χ1v) is 10.5. The van der Waals surface area contributed by atoms with E-state index in [2.05, 4.69) is 5.32 Å². The van der Waals surface area contributed by atoms with Crippen molar-refractivity contribution in [2.45, 2.75) is 31.8 Å². The minimum atomic E-state index is -0.960. The molecule has 2 aromatic rings. The van der Waals surface area contributed by atoms with Crippen molar-refractivity contribution in [3.05, 3.63) is 58.0 Å². The van der Waals surface area contributed by atoms with Crippen LogP contribution in [0.2, 0.25) is 0 Å². The summed E-state index contributed by atoms with van der Waals surface area (Å²) < 4.78 is 13.1. The van der Waals surface area contributed by atoms with Gasteiger partial charge in [0.1, 0.15) is 11.4 Å². The highest BCUT2D eigenvalue weighted by Crippen LogP contribution is 2.34. The fourth-order valence-corrected chi connectivity index (χ4v) is 4.80. The highest BCUT2D eigenvalue weighted by molar-refractivity contribution is 7.07. The van der Waals surface area contributed by atoms with Crippen molar-refractivity contribution in [1.82, 2.24) is 15.1 Å². The van der Waals surface area contributed by atoms with Crippen LogP contribution in [0.25, 0.3) is 0 Å². The number of likely N-dealkylation sites (tertiary alicyclic amines) is 1. The van der Waals surface area contributed by atoms with Crippen molar-refractivity contribution in [2.75, 3.05) is 13.1 Å². The van der Waals surface area contributed by atoms with Crippen LogP contribution in [0.15, 0.2) is 41.1 Å². The Kier molecular flexibility index (Phi) is 5.12. The number of hydrogen-bond acceptors (Lipinski definition) is 4. The van der Waals surface area contributed by atoms with Gasteiger partial charge in [-0.2, -0.15) is 11.3 Å². The molecular weight excluding hydrogens is 393 g/mol. The highest BCUT2D eigenvalue weighted by atomic mass is 32.1. The second kappa shape index (κ2) is 7.59. The van der Waals surface area contributed by atoms with E-state index in [0.717, 1.165) is 5.56 Å². The van der Waals surface area contributed by atoms with Crippen molar-refractivity contribution in [2.24, 2.45) is 5.92 Å². The van der Waals surface area contributed by atoms with Gasteiger partial charge >= 0.3 is 6.03 Å². The predicted molar refractivity (Wildman–Crippen MR) is 107 cm³/mol. The summed E-state index contributed by atoms with van der Waals surface area (Å²) in [4.78, 5) is 41.1. The lowest BCUT2D eigenvalue weighted by Gasteiger charge is -2.39. The van der Waals surface area contributed by atoms with Gasteiger partial charge < -0.3 is 10.2 Å². The Balaban J connectivity index is 1.41. The molecule has 1 atom stereocenters. The van der Waals surface area contributed by atoms with Gasteiger partial charge in [-0.05, 0) is 72.3 Å². The molecular formula is C21H22FN3O3S. The van der Waals surface area contributed by atoms with Gasteiger partial charge in [-0.1, -0.05) is 0 Å². The fraction of sp³-hybridized carbons (Fsp3) is 0.381. The summed E-state index contributed by atoms with van der Waals surface area (Å²) in [5.74, 6) is -0.786. The molecule has 29 heavy (non-hydrogen) atoms. The zero-order valence-electron chi connectivity index (χ0n) is 16.1. The van der Waals surface area contributed by atoms with Crippen molar-refractivity contribution in [1.29, 1.82) is 0 Å². The van der Waals surface area contributed by atoms with E-state index in [4.69, 9.17) is 0 Å². The molecule has 3 heterocycles. The van der Waals surface area contributed by atoms with Gasteiger partial charge in [-0.3, -0.25) is 14.5 Å². The van der Waals surface area contributed by atoms with Crippen molar-refractivity contribution in [3.63, 3.8) is 0 Å². The van der Waals surface area contributed by atoms with E-state index >= 15 is 0 Å². The van der Waals surface area contributed by atoms with E-state index in [9.17, 15) is 18.8 Å². The highest BCUT2D eigenvalue weighted by Gasteiger charge is 2.52. The lowest BCUT2D eigenvalue weighted by atomic mass is 9.78. The Morgan fingerprint density at radius 2 is 1.90 bits per heavy atom. The molecule has 1 unspecified atom stereocenters. The summed E-state index contributed by atoms with van der Waals surface area (Å²) in [6, 6.07) is 7.04. The third-order valence-corrected chi connectivity index (χ3v) is 6.64. The van der Waals surface area contributed by atoms with Crippen LogP contribution >= 0.6 is 11.3 Å². The number of nitrogens with one attached hydrogen (secondary N) is 1. The van der Waals surface area contributed by atoms with Crippen LogP contribution in [-0.2, 0) is 11.3 Å². The van der Waals surface area contributed by atoms with Gasteiger partial charge in [0, 0.05) is 18.7 Å². The number of thiophene rings is 1. The Labute approximate surface area is 172 Å². The number of imide groups is 1. The number of piperidine rings is 1. The normalized spacial score (nSPS) is 22.8. The Bertz CT molecular complexity index is 923. The summed E-state index contributed by atoms with van der Waals surface area (Å²) in [5, 5.41) is 6.73. The van der Waals surface area contributed by atoms with Crippen molar-refractivity contribution < 1.29 is 18.8 Å². The maximum atomic E-state index is 13.1. The molecule has 6 nitrogen and oxygen atoms in total. The number of benzene rings is 1. The molecule has 1 N–H and O–H groups in total. The Hall–Kier alpha value is -2.74. The van der Waals surface area contributed by atoms with Crippen LogP contribution in [0.5, 0.6) is 0 Å². The number of amides is 4. The minimum Gasteiger partial charge on any atom is -0.339 e. The molecule has 0 spiro atoms. The number of hydrogen-bond donors (Lipinski definition) is 1. The van der Waals surface area contributed by atoms with Crippen LogP contribution < -0.4 is 5.32 Å². The molecule has 4 rings (SSSR count). The molecule has 1 aromatic carbocycles. The maximum Gasteiger partial charge on any atom is 0.325 e. The third kappa shape index (κ3) is 3.64. The van der Waals surface area contributed by atoms with Gasteiger partial charge in [0.05, 0.1) is 6.54 Å². The SMILES string of the molecule is CC1(C2CCN(C(=O)c3ccc(F)cc3)CC2)NC(=O)N(Cc2ccsc2)C1=O. The zero-order valence-corrected chi connectivity index (χ0v) is 16.9. The first kappa shape index (κ1) is 19.6. The van der Waals surface area contributed by atoms with Crippen LogP contribution in [0.1, 0.15) is 35.7 Å². The maximum absolute atomic E-state index is 13.1. The first-order chi connectivity index (χ1) is 13.9. The average molecular weight is 415 g/mol. The number of carbonyl (C=O) groups excluding carboxylic acids is 3. The average Bonchev–Trinajstić information content (AvgIpc) is 3.31. The number of nitrogens with zero attached hydrogens (tertiary/aromatic N) is 2. The topological polar surface area (TPSA) is 69.7 Å². The van der Waals surface area contributed by atoms with Gasteiger partial charge in [-0.25, -0.2) is 9.18 Å². The molecule has 2 aliphatic rings.